The van der Waals surface area contributed by atoms with Gasteiger partial charge in [-0.2, -0.15) is 0 Å². The van der Waals surface area contributed by atoms with Crippen molar-refractivity contribution >= 4 is 40.8 Å². The summed E-state index contributed by atoms with van der Waals surface area (Å²) in [6.07, 6.45) is 0.837. The van der Waals surface area contributed by atoms with Gasteiger partial charge < -0.3 is 10.1 Å². The van der Waals surface area contributed by atoms with Crippen LogP contribution in [0.5, 0.6) is 0 Å². The zero-order valence-corrected chi connectivity index (χ0v) is 14.7. The summed E-state index contributed by atoms with van der Waals surface area (Å²) in [6, 6.07) is 11.6. The second-order valence-corrected chi connectivity index (χ2v) is 5.95. The second-order valence-electron chi connectivity index (χ2n) is 5.14. The number of rotatable bonds is 6. The fourth-order valence-electron chi connectivity index (χ4n) is 2.03. The number of amides is 1. The van der Waals surface area contributed by atoms with Gasteiger partial charge in [0, 0.05) is 15.7 Å². The minimum absolute atomic E-state index is 0.0683. The number of carbonyl (C=O) groups is 2. The summed E-state index contributed by atoms with van der Waals surface area (Å²) in [5, 5.41) is 3.65. The molecule has 0 aromatic heterocycles. The summed E-state index contributed by atoms with van der Waals surface area (Å²) in [6.45, 7) is 2.31. The zero-order chi connectivity index (χ0) is 17.5. The molecule has 126 valence electrons. The molecule has 0 heterocycles. The molecule has 0 saturated heterocycles. The number of esters is 1. The van der Waals surface area contributed by atoms with E-state index in [0.717, 1.165) is 6.42 Å². The van der Waals surface area contributed by atoms with Crippen molar-refractivity contribution in [3.8, 4) is 0 Å². The molecule has 0 spiro atoms. The molecule has 1 amide bonds. The van der Waals surface area contributed by atoms with Gasteiger partial charge in [0.25, 0.3) is 0 Å². The van der Waals surface area contributed by atoms with E-state index in [4.69, 9.17) is 27.9 Å². The molecule has 0 fully saturated rings. The highest BCUT2D eigenvalue weighted by Crippen LogP contribution is 2.25. The molecule has 0 saturated carbocycles. The van der Waals surface area contributed by atoms with Crippen LogP contribution in [0.4, 0.5) is 5.69 Å². The van der Waals surface area contributed by atoms with Crippen LogP contribution in [0.1, 0.15) is 29.3 Å². The van der Waals surface area contributed by atoms with Crippen molar-refractivity contribution in [3.63, 3.8) is 0 Å². The lowest BCUT2D eigenvalue weighted by molar-refractivity contribution is -0.115. The fourth-order valence-corrected chi connectivity index (χ4v) is 2.57. The molecule has 0 aliphatic carbocycles. The predicted molar refractivity (Wildman–Crippen MR) is 95.8 cm³/mol. The van der Waals surface area contributed by atoms with E-state index in [1.807, 2.05) is 6.92 Å². The van der Waals surface area contributed by atoms with Crippen LogP contribution in [0.25, 0.3) is 0 Å². The molecule has 2 aromatic carbocycles. The monoisotopic (exact) mass is 365 g/mol. The van der Waals surface area contributed by atoms with Gasteiger partial charge in [-0.3, -0.25) is 4.79 Å². The zero-order valence-electron chi connectivity index (χ0n) is 13.1. The highest BCUT2D eigenvalue weighted by Gasteiger charge is 2.12. The molecule has 4 nitrogen and oxygen atoms in total. The highest BCUT2D eigenvalue weighted by atomic mass is 35.5. The Morgan fingerprint density at radius 2 is 1.67 bits per heavy atom. The topological polar surface area (TPSA) is 55.4 Å². The van der Waals surface area contributed by atoms with Crippen LogP contribution in [0.15, 0.2) is 42.5 Å². The molecular weight excluding hydrogens is 349 g/mol. The van der Waals surface area contributed by atoms with E-state index in [1.54, 1.807) is 42.5 Å². The first-order valence-electron chi connectivity index (χ1n) is 7.51. The van der Waals surface area contributed by atoms with E-state index < -0.39 is 0 Å². The summed E-state index contributed by atoms with van der Waals surface area (Å²) in [5.74, 6) is -0.621. The van der Waals surface area contributed by atoms with Gasteiger partial charge in [0.2, 0.25) is 5.91 Å². The molecule has 0 unspecified atom stereocenters. The minimum Gasteiger partial charge on any atom is -0.462 e. The quantitative estimate of drug-likeness (QED) is 0.752. The van der Waals surface area contributed by atoms with Gasteiger partial charge >= 0.3 is 5.97 Å². The maximum Gasteiger partial charge on any atom is 0.338 e. The van der Waals surface area contributed by atoms with Crippen molar-refractivity contribution in [3.05, 3.63) is 63.6 Å². The van der Waals surface area contributed by atoms with Gasteiger partial charge in [-0.1, -0.05) is 36.2 Å². The Morgan fingerprint density at radius 1 is 1.04 bits per heavy atom. The van der Waals surface area contributed by atoms with Crippen molar-refractivity contribution in [1.82, 2.24) is 0 Å². The van der Waals surface area contributed by atoms with Gasteiger partial charge in [-0.15, -0.1) is 0 Å². The lowest BCUT2D eigenvalue weighted by Crippen LogP contribution is -2.15. The number of anilines is 1. The summed E-state index contributed by atoms with van der Waals surface area (Å²) >= 11 is 12.1. The third-order valence-electron chi connectivity index (χ3n) is 3.24. The maximum atomic E-state index is 12.1. The minimum atomic E-state index is -0.377. The third-order valence-corrected chi connectivity index (χ3v) is 3.95. The number of hydrogen-bond acceptors (Lipinski definition) is 3. The lowest BCUT2D eigenvalue weighted by atomic mass is 10.1. The van der Waals surface area contributed by atoms with Crippen molar-refractivity contribution in [2.24, 2.45) is 0 Å². The Hall–Kier alpha value is -2.04. The van der Waals surface area contributed by atoms with Crippen molar-refractivity contribution in [1.29, 1.82) is 0 Å². The van der Waals surface area contributed by atoms with Gasteiger partial charge in [0.05, 0.1) is 18.6 Å². The molecule has 24 heavy (non-hydrogen) atoms. The summed E-state index contributed by atoms with van der Waals surface area (Å²) in [5.41, 5.74) is 1.60. The Labute approximate surface area is 150 Å². The van der Waals surface area contributed by atoms with Gasteiger partial charge in [-0.25, -0.2) is 4.79 Å². The first-order valence-corrected chi connectivity index (χ1v) is 8.26. The number of benzene rings is 2. The molecular formula is C18H17Cl2NO3. The smallest absolute Gasteiger partial charge is 0.338 e. The average molecular weight is 366 g/mol. The van der Waals surface area contributed by atoms with Gasteiger partial charge in [0.15, 0.2) is 0 Å². The first-order chi connectivity index (χ1) is 11.5. The molecule has 6 heteroatoms. The molecule has 1 N–H and O–H groups in total. The number of halogens is 2. The molecule has 0 radical (unpaired) electrons. The van der Waals surface area contributed by atoms with E-state index in [9.17, 15) is 9.59 Å². The van der Waals surface area contributed by atoms with Crippen LogP contribution < -0.4 is 5.32 Å². The Balaban J connectivity index is 1.98. The van der Waals surface area contributed by atoms with Crippen LogP contribution in [0.2, 0.25) is 10.0 Å². The highest BCUT2D eigenvalue weighted by molar-refractivity contribution is 6.36. The largest absolute Gasteiger partial charge is 0.462 e. The molecule has 0 aliphatic rings. The Bertz CT molecular complexity index is 709. The predicted octanol–water partition coefficient (Wildman–Crippen LogP) is 4.74. The SMILES string of the molecule is CCCOC(=O)c1ccc(NC(=O)Cc2c(Cl)cccc2Cl)cc1. The van der Waals surface area contributed by atoms with Crippen molar-refractivity contribution < 1.29 is 14.3 Å². The van der Waals surface area contributed by atoms with E-state index in [2.05, 4.69) is 5.32 Å². The summed E-state index contributed by atoms with van der Waals surface area (Å²) < 4.78 is 5.05. The normalized spacial score (nSPS) is 10.3. The summed E-state index contributed by atoms with van der Waals surface area (Å²) in [7, 11) is 0. The molecule has 2 aromatic rings. The second kappa shape index (κ2) is 8.71. The third kappa shape index (κ3) is 4.98. The number of ether oxygens (including phenoxy) is 1. The van der Waals surface area contributed by atoms with Gasteiger partial charge in [-0.05, 0) is 48.4 Å². The van der Waals surface area contributed by atoms with Crippen LogP contribution in [0.3, 0.4) is 0 Å². The number of nitrogens with one attached hydrogen (secondary N) is 1. The van der Waals surface area contributed by atoms with Gasteiger partial charge in [0.1, 0.15) is 0 Å². The Kier molecular flexibility index (Phi) is 6.64. The van der Waals surface area contributed by atoms with Crippen LogP contribution in [-0.4, -0.2) is 18.5 Å². The van der Waals surface area contributed by atoms with Crippen molar-refractivity contribution in [2.75, 3.05) is 11.9 Å². The Morgan fingerprint density at radius 3 is 2.25 bits per heavy atom. The fraction of sp³-hybridized carbons (Fsp3) is 0.222. The summed E-state index contributed by atoms with van der Waals surface area (Å²) in [4.78, 5) is 23.8. The van der Waals surface area contributed by atoms with E-state index >= 15 is 0 Å². The molecule has 0 bridgehead atoms. The van der Waals surface area contributed by atoms with Crippen LogP contribution in [0, 0.1) is 0 Å². The van der Waals surface area contributed by atoms with Crippen LogP contribution >= 0.6 is 23.2 Å². The molecule has 2 rings (SSSR count). The van der Waals surface area contributed by atoms with Crippen LogP contribution in [-0.2, 0) is 16.0 Å². The maximum absolute atomic E-state index is 12.1. The van der Waals surface area contributed by atoms with E-state index in [1.165, 1.54) is 0 Å². The first kappa shape index (κ1) is 18.3. The number of hydrogen-bond donors (Lipinski definition) is 1. The molecule has 0 aliphatic heterocycles. The average Bonchev–Trinajstić information content (AvgIpc) is 2.57. The number of carbonyl (C=O) groups excluding carboxylic acids is 2. The van der Waals surface area contributed by atoms with Crippen molar-refractivity contribution in [2.45, 2.75) is 19.8 Å². The lowest BCUT2D eigenvalue weighted by Gasteiger charge is -2.09. The molecule has 0 atom stereocenters. The standard InChI is InChI=1S/C18H17Cl2NO3/c1-2-10-24-18(23)12-6-8-13(9-7-12)21-17(22)11-14-15(19)4-3-5-16(14)20/h3-9H,2,10-11H2,1H3,(H,21,22). The van der Waals surface area contributed by atoms with E-state index in [-0.39, 0.29) is 18.3 Å². The van der Waals surface area contributed by atoms with E-state index in [0.29, 0.717) is 33.5 Å².